The van der Waals surface area contributed by atoms with E-state index in [4.69, 9.17) is 123 Å². The molecule has 32 nitrogen and oxygen atoms in total. The minimum Gasteiger partial charge on any atom is -0.462 e. The van der Waals surface area contributed by atoms with Gasteiger partial charge in [0.25, 0.3) is 0 Å². The first kappa shape index (κ1) is 117. The second-order valence-corrected chi connectivity index (χ2v) is 44.1. The predicted octanol–water partition coefficient (Wildman–Crippen LogP) is 27.2. The van der Waals surface area contributed by atoms with Gasteiger partial charge in [-0.25, -0.2) is 24.0 Å². The van der Waals surface area contributed by atoms with Crippen LogP contribution >= 0.6 is 135 Å². The number of furan rings is 5. The van der Waals surface area contributed by atoms with Crippen LogP contribution in [0.3, 0.4) is 0 Å². The highest BCUT2D eigenvalue weighted by atomic mass is 79.9. The highest BCUT2D eigenvalue weighted by Gasteiger charge is 2.37. The first-order valence-corrected chi connectivity index (χ1v) is 55.8. The van der Waals surface area contributed by atoms with Crippen molar-refractivity contribution in [1.82, 2.24) is 19.4 Å². The standard InChI is InChI=1S/C27H34ClN3O5S.C25H29ClN4O3S.C20H21BrClNO5S.C20H19BrClNO5S.C15H18ClNO4/c1-5-35-27(33)31(11-6-16-34-4)24-20-17-19(28)7-8-21(20)36-26(24)25(32)22-9-10-23(37-22)30-14-12-29(13-15-30)18(2)3;1-16(2)28-10-12-29(13-11-28)21-8-7-20(34-21)22-24-23(18-15-17(26)5-6-19(18)33-24)30(25(31)27-22)9-4-14-32-3;2*1-3-27-20(25)23(9-4-10-26-2)17-13-11-12(22)5-6-14(13)28-19(17)18(24)15-7-8-16(21)29-15;1-3-20-15(18)17(7-4-8-19-2)13-10-21-14-6-5-11(16)9-12(13)14/h7-10,17-18H,5-6,11-16H2,1-4H3;5-8,15-16H,4,9-14H2,1-3H3;5-8,11,18,24H,3-4,9-10H2,1-2H3;5-8,11H,3-4,9-10H2,1-2H3;5-6,9-10H,3-4,7-8H2,1-2H3. The Kier molecular flexibility index (Phi) is 44.1. The zero-order valence-electron chi connectivity index (χ0n) is 85.5. The number of piperazine rings is 2. The number of hydrogen-bond acceptors (Lipinski definition) is 31. The molecule has 2 aliphatic heterocycles. The summed E-state index contributed by atoms with van der Waals surface area (Å²) in [5.74, 6) is -0.158. The molecule has 2 saturated heterocycles. The summed E-state index contributed by atoms with van der Waals surface area (Å²) in [6, 6.07) is 42.3. The third kappa shape index (κ3) is 29.3. The summed E-state index contributed by atoms with van der Waals surface area (Å²) in [4.78, 5) is 114. The Bertz CT molecular complexity index is 7140. The molecule has 17 rings (SSSR count). The predicted molar refractivity (Wildman–Crippen MR) is 606 cm³/mol. The first-order chi connectivity index (χ1) is 72.4. The normalized spacial score (nSPS) is 13.1. The molecule has 2 fully saturated rings. The number of aryl methyl sites for hydroxylation is 1. The molecule has 0 radical (unpaired) electrons. The number of benzene rings is 5. The second-order valence-electron chi connectivity index (χ2n) is 34.8. The Morgan fingerprint density at radius 1 is 0.427 bits per heavy atom. The number of fused-ring (bicyclic) bond motifs is 7. The van der Waals surface area contributed by atoms with Crippen LogP contribution in [0.15, 0.2) is 180 Å². The first-order valence-electron chi connectivity index (χ1n) is 49.0. The molecule has 1 unspecified atom stereocenters. The average molecular weight is 2360 g/mol. The van der Waals surface area contributed by atoms with Gasteiger partial charge < -0.3 is 79.6 Å². The van der Waals surface area contributed by atoms with Gasteiger partial charge in [0, 0.05) is 223 Å². The molecular weight excluding hydrogens is 2240 g/mol. The van der Waals surface area contributed by atoms with Crippen molar-refractivity contribution in [1.29, 1.82) is 0 Å². The number of ketones is 2. The number of halogens is 7. The van der Waals surface area contributed by atoms with Gasteiger partial charge in [0.2, 0.25) is 23.1 Å². The van der Waals surface area contributed by atoms with Crippen LogP contribution in [-0.2, 0) is 49.2 Å². The molecule has 12 heterocycles. The number of thiophene rings is 4. The zero-order chi connectivity index (χ0) is 108. The fourth-order valence-corrected chi connectivity index (χ4v) is 22.7. The van der Waals surface area contributed by atoms with E-state index < -0.39 is 30.5 Å². The van der Waals surface area contributed by atoms with Crippen LogP contribution in [0.25, 0.3) is 76.5 Å². The summed E-state index contributed by atoms with van der Waals surface area (Å²) in [7, 11) is 8.08. The largest absolute Gasteiger partial charge is 0.462 e. The number of amides is 4. The minimum absolute atomic E-state index is 0.0714. The number of aliphatic hydroxyl groups is 1. The molecule has 5 aromatic carbocycles. The van der Waals surface area contributed by atoms with Crippen molar-refractivity contribution < 1.29 is 98.6 Å². The Balaban J connectivity index is 0.000000158. The van der Waals surface area contributed by atoms with Crippen molar-refractivity contribution in [3.63, 3.8) is 0 Å². The highest BCUT2D eigenvalue weighted by molar-refractivity contribution is 9.11. The van der Waals surface area contributed by atoms with E-state index in [0.29, 0.717) is 234 Å². The minimum atomic E-state index is -1.05. The molecule has 0 aliphatic carbocycles. The molecule has 2 aliphatic rings. The maximum Gasteiger partial charge on any atom is 0.414 e. The number of carbonyl (C=O) groups excluding carboxylic acids is 6. The Morgan fingerprint density at radius 3 is 1.25 bits per heavy atom. The maximum atomic E-state index is 13.8. The van der Waals surface area contributed by atoms with Crippen molar-refractivity contribution in [2.75, 3.05) is 203 Å². The third-order valence-electron chi connectivity index (χ3n) is 24.3. The Labute approximate surface area is 926 Å². The van der Waals surface area contributed by atoms with Gasteiger partial charge in [-0.3, -0.25) is 43.6 Å². The lowest BCUT2D eigenvalue weighted by atomic mass is 10.1. The van der Waals surface area contributed by atoms with E-state index in [-0.39, 0.29) is 54.4 Å². The second kappa shape index (κ2) is 56.6. The lowest BCUT2D eigenvalue weighted by molar-refractivity contribution is 0.101. The van der Waals surface area contributed by atoms with Crippen molar-refractivity contribution >= 4 is 270 Å². The quantitative estimate of drug-likeness (QED) is 0.0212. The van der Waals surface area contributed by atoms with Gasteiger partial charge >= 0.3 is 30.1 Å². The zero-order valence-corrected chi connectivity index (χ0v) is 95.7. The van der Waals surface area contributed by atoms with Gasteiger partial charge in [0.05, 0.1) is 70.0 Å². The summed E-state index contributed by atoms with van der Waals surface area (Å²) < 4.78 is 79.7. The van der Waals surface area contributed by atoms with E-state index in [1.54, 1.807) is 181 Å². The molecule has 0 spiro atoms. The molecule has 804 valence electrons. The van der Waals surface area contributed by atoms with Gasteiger partial charge in [-0.15, -0.1) is 45.3 Å². The number of methoxy groups -OCH3 is 5. The average Bonchev–Trinajstić information content (AvgIpc) is 1.60. The Hall–Kier alpha value is -10.2. The van der Waals surface area contributed by atoms with Crippen molar-refractivity contribution in [2.24, 2.45) is 0 Å². The number of hydrogen-bond donors (Lipinski definition) is 1. The van der Waals surface area contributed by atoms with Crippen molar-refractivity contribution in [3.8, 4) is 10.6 Å². The van der Waals surface area contributed by atoms with E-state index >= 15 is 0 Å². The molecule has 150 heavy (non-hydrogen) atoms. The van der Waals surface area contributed by atoms with Crippen LogP contribution in [0.1, 0.15) is 135 Å². The van der Waals surface area contributed by atoms with Crippen LogP contribution in [0.4, 0.5) is 51.9 Å². The van der Waals surface area contributed by atoms with E-state index in [2.05, 4.69) is 90.2 Å². The van der Waals surface area contributed by atoms with Crippen LogP contribution in [0, 0.1) is 0 Å². The van der Waals surface area contributed by atoms with Crippen LogP contribution in [0.2, 0.25) is 25.1 Å². The number of nitrogens with zero attached hydrogens (tertiary/aromatic N) is 10. The summed E-state index contributed by atoms with van der Waals surface area (Å²) >= 11 is 43.6. The number of ether oxygens (including phenoxy) is 9. The Morgan fingerprint density at radius 2 is 0.807 bits per heavy atom. The third-order valence-corrected chi connectivity index (χ3v) is 31.1. The van der Waals surface area contributed by atoms with Gasteiger partial charge in [-0.2, -0.15) is 4.98 Å². The molecule has 1 N–H and O–H groups in total. The molecule has 10 aromatic heterocycles. The van der Waals surface area contributed by atoms with Crippen LogP contribution in [0.5, 0.6) is 0 Å². The molecule has 4 amide bonds. The van der Waals surface area contributed by atoms with Crippen molar-refractivity contribution in [3.05, 3.63) is 221 Å². The summed E-state index contributed by atoms with van der Waals surface area (Å²) in [5.41, 5.74) is 6.32. The van der Waals surface area contributed by atoms with Crippen LogP contribution in [-0.4, -0.2) is 246 Å². The number of rotatable bonds is 39. The highest BCUT2D eigenvalue weighted by Crippen LogP contribution is 2.47. The van der Waals surface area contributed by atoms with E-state index in [9.17, 15) is 38.7 Å². The molecule has 0 saturated carbocycles. The molecular formula is C107H121Br2Cl5N10O22S4. The smallest absolute Gasteiger partial charge is 0.414 e. The lowest BCUT2D eigenvalue weighted by Gasteiger charge is -2.37. The number of anilines is 6. The SMILES string of the molecule is CCOC(=O)N(CCCOC)c1c(C(=O)c2ccc(Br)s2)oc2ccc(Cl)cc12.CCOC(=O)N(CCCOC)c1c(C(=O)c2ccc(N3CCN(C(C)C)CC3)s2)oc2ccc(Cl)cc12.CCOC(=O)N(CCCOC)c1c(C(O)c2ccc(Br)s2)oc2ccc(Cl)cc12.CCOC(=O)N(CCCOC)c1coc2ccc(Cl)cc12.COCCCn1c(=O)nc(-c2ccc(N3CCN(C(C)C)CC3)s2)c2oc3ccc(Cl)cc3c21. The topological polar surface area (TPSA) is 332 Å². The molecule has 43 heteroatoms. The van der Waals surface area contributed by atoms with E-state index in [1.807, 2.05) is 42.5 Å². The fourth-order valence-electron chi connectivity index (χ4n) is 17.1. The van der Waals surface area contributed by atoms with Crippen molar-refractivity contribution in [2.45, 2.75) is 112 Å². The van der Waals surface area contributed by atoms with E-state index in [0.717, 1.165) is 86.1 Å². The van der Waals surface area contributed by atoms with Crippen LogP contribution < -0.4 is 35.1 Å². The number of aliphatic hydroxyl groups excluding tert-OH is 1. The van der Waals surface area contributed by atoms with Gasteiger partial charge in [-0.1, -0.05) is 58.0 Å². The maximum absolute atomic E-state index is 13.8. The summed E-state index contributed by atoms with van der Waals surface area (Å²) in [5, 5.41) is 19.3. The summed E-state index contributed by atoms with van der Waals surface area (Å²) in [6.45, 7) is 29.1. The number of carbonyl (C=O) groups is 6. The van der Waals surface area contributed by atoms with Gasteiger partial charge in [0.15, 0.2) is 11.3 Å². The molecule has 1 atom stereocenters. The molecule has 15 aromatic rings. The lowest BCUT2D eigenvalue weighted by Crippen LogP contribution is -2.48. The molecule has 0 bridgehead atoms. The fraction of sp³-hybridized carbons (Fsp3) is 0.402. The van der Waals surface area contributed by atoms with Gasteiger partial charge in [-0.05, 0) is 259 Å². The monoisotopic (exact) mass is 2360 g/mol. The van der Waals surface area contributed by atoms with E-state index in [1.165, 1.54) is 53.7 Å². The number of aromatic nitrogens is 2. The van der Waals surface area contributed by atoms with Gasteiger partial charge in [0.1, 0.15) is 62.9 Å². The summed E-state index contributed by atoms with van der Waals surface area (Å²) in [6.07, 6.45) is 1.55.